The first-order chi connectivity index (χ1) is 7.73. The van der Waals surface area contributed by atoms with Crippen LogP contribution in [0.5, 0.6) is 0 Å². The highest BCUT2D eigenvalue weighted by atomic mass is 19.4. The van der Waals surface area contributed by atoms with Crippen molar-refractivity contribution in [1.29, 1.82) is 0 Å². The molecule has 0 saturated carbocycles. The highest BCUT2D eigenvalue weighted by molar-refractivity contribution is 5.75. The largest absolute Gasteiger partial charge is 0.490 e. The topological polar surface area (TPSA) is 26.3 Å². The molecule has 0 unspecified atom stereocenters. The zero-order chi connectivity index (χ0) is 13.5. The Balaban J connectivity index is 3.93. The summed E-state index contributed by atoms with van der Waals surface area (Å²) in [4.78, 5) is 10.4. The summed E-state index contributed by atoms with van der Waals surface area (Å²) in [6.07, 6.45) is 0.192. The number of carbonyl (C=O) groups excluding carboxylic acids is 1. The number of esters is 1. The first kappa shape index (κ1) is 15.7. The monoisotopic (exact) mass is 250 g/mol. The van der Waals surface area contributed by atoms with Crippen LogP contribution in [0.3, 0.4) is 0 Å². The Morgan fingerprint density at radius 1 is 1.18 bits per heavy atom. The number of allylic oxidation sites excluding steroid dienone is 3. The number of alkyl halides is 3. The molecule has 0 heterocycles. The zero-order valence-corrected chi connectivity index (χ0v) is 10.2. The fourth-order valence-electron chi connectivity index (χ4n) is 1.03. The van der Waals surface area contributed by atoms with Gasteiger partial charge in [-0.05, 0) is 39.7 Å². The molecule has 98 valence electrons. The molecule has 0 aliphatic heterocycles. The van der Waals surface area contributed by atoms with Crippen molar-refractivity contribution in [2.45, 2.75) is 39.8 Å². The van der Waals surface area contributed by atoms with Gasteiger partial charge in [-0.15, -0.1) is 0 Å². The Morgan fingerprint density at radius 3 is 2.24 bits per heavy atom. The van der Waals surface area contributed by atoms with Gasteiger partial charge in [0.25, 0.3) is 0 Å². The second-order valence-electron chi connectivity index (χ2n) is 3.97. The van der Waals surface area contributed by atoms with E-state index in [1.165, 1.54) is 11.6 Å². The van der Waals surface area contributed by atoms with E-state index in [1.807, 2.05) is 19.9 Å². The molecule has 0 aliphatic rings. The van der Waals surface area contributed by atoms with Gasteiger partial charge >= 0.3 is 12.1 Å². The molecule has 0 radical (unpaired) electrons. The van der Waals surface area contributed by atoms with Crippen molar-refractivity contribution in [3.63, 3.8) is 0 Å². The van der Waals surface area contributed by atoms with Crippen molar-refractivity contribution in [3.8, 4) is 0 Å². The van der Waals surface area contributed by atoms with Gasteiger partial charge in [0.15, 0.2) is 0 Å². The quantitative estimate of drug-likeness (QED) is 0.548. The number of hydrogen-bond acceptors (Lipinski definition) is 2. The highest BCUT2D eigenvalue weighted by Gasteiger charge is 2.40. The van der Waals surface area contributed by atoms with Gasteiger partial charge in [0, 0.05) is 0 Å². The molecule has 0 amide bonds. The molecule has 0 aliphatic carbocycles. The maximum atomic E-state index is 11.8. The summed E-state index contributed by atoms with van der Waals surface area (Å²) >= 11 is 0. The van der Waals surface area contributed by atoms with Crippen molar-refractivity contribution in [1.82, 2.24) is 0 Å². The second-order valence-corrected chi connectivity index (χ2v) is 3.97. The number of hydrogen-bond donors (Lipinski definition) is 0. The van der Waals surface area contributed by atoms with Gasteiger partial charge in [0.1, 0.15) is 6.61 Å². The molecule has 0 atom stereocenters. The number of carbonyl (C=O) groups is 1. The molecule has 0 saturated heterocycles. The summed E-state index contributed by atoms with van der Waals surface area (Å²) in [5.41, 5.74) is 2.10. The van der Waals surface area contributed by atoms with Crippen LogP contribution in [-0.2, 0) is 9.53 Å². The minimum Gasteiger partial charge on any atom is -0.455 e. The molecule has 0 bridgehead atoms. The van der Waals surface area contributed by atoms with Gasteiger partial charge in [0.05, 0.1) is 0 Å². The van der Waals surface area contributed by atoms with Gasteiger partial charge in [-0.3, -0.25) is 0 Å². The lowest BCUT2D eigenvalue weighted by atomic mass is 10.1. The van der Waals surface area contributed by atoms with Crippen molar-refractivity contribution in [2.24, 2.45) is 0 Å². The van der Waals surface area contributed by atoms with Crippen LogP contribution in [0.4, 0.5) is 13.2 Å². The van der Waals surface area contributed by atoms with Gasteiger partial charge in [0.2, 0.25) is 0 Å². The maximum Gasteiger partial charge on any atom is 0.490 e. The number of rotatable bonds is 5. The lowest BCUT2D eigenvalue weighted by Gasteiger charge is -2.05. The molecule has 0 aromatic rings. The predicted octanol–water partition coefficient (Wildman–Crippen LogP) is 3.78. The van der Waals surface area contributed by atoms with Crippen molar-refractivity contribution < 1.29 is 22.7 Å². The second kappa shape index (κ2) is 7.14. The lowest BCUT2D eigenvalue weighted by molar-refractivity contribution is -0.198. The van der Waals surface area contributed by atoms with Crippen LogP contribution in [0.25, 0.3) is 0 Å². The van der Waals surface area contributed by atoms with Crippen molar-refractivity contribution in [3.05, 3.63) is 23.3 Å². The Kier molecular flexibility index (Phi) is 6.61. The van der Waals surface area contributed by atoms with Gasteiger partial charge in [-0.2, -0.15) is 13.2 Å². The molecule has 17 heavy (non-hydrogen) atoms. The van der Waals surface area contributed by atoms with Crippen LogP contribution in [0.15, 0.2) is 23.3 Å². The van der Waals surface area contributed by atoms with Crippen LogP contribution in [0, 0.1) is 0 Å². The van der Waals surface area contributed by atoms with E-state index in [0.29, 0.717) is 0 Å². The Morgan fingerprint density at radius 2 is 1.76 bits per heavy atom. The summed E-state index contributed by atoms with van der Waals surface area (Å²) in [7, 11) is 0. The Bertz CT molecular complexity index is 310. The average molecular weight is 250 g/mol. The SMILES string of the molecule is CC(C)=CCC/C(C)=C\COC(=O)C(F)(F)F. The van der Waals surface area contributed by atoms with E-state index < -0.39 is 12.1 Å². The van der Waals surface area contributed by atoms with Crippen molar-refractivity contribution >= 4 is 5.97 Å². The van der Waals surface area contributed by atoms with E-state index in [0.717, 1.165) is 18.4 Å². The molecule has 0 N–H and O–H groups in total. The average Bonchev–Trinajstić information content (AvgIpc) is 2.15. The summed E-state index contributed by atoms with van der Waals surface area (Å²) in [5.74, 6) is -2.15. The molecule has 0 spiro atoms. The third-order valence-corrected chi connectivity index (χ3v) is 1.97. The molecule has 0 rings (SSSR count). The number of halogens is 3. The molecule has 0 aromatic carbocycles. The maximum absolute atomic E-state index is 11.8. The number of ether oxygens (including phenoxy) is 1. The Hall–Kier alpha value is -1.26. The van der Waals surface area contributed by atoms with Gasteiger partial charge in [-0.25, -0.2) is 4.79 Å². The summed E-state index contributed by atoms with van der Waals surface area (Å²) in [5, 5.41) is 0. The first-order valence-corrected chi connectivity index (χ1v) is 5.26. The summed E-state index contributed by atoms with van der Waals surface area (Å²) in [6, 6.07) is 0. The first-order valence-electron chi connectivity index (χ1n) is 5.26. The van der Waals surface area contributed by atoms with E-state index in [2.05, 4.69) is 4.74 Å². The highest BCUT2D eigenvalue weighted by Crippen LogP contribution is 2.16. The molecular formula is C12H17F3O2. The molecule has 0 aromatic heterocycles. The lowest BCUT2D eigenvalue weighted by Crippen LogP contribution is -2.25. The summed E-state index contributed by atoms with van der Waals surface area (Å²) < 4.78 is 39.3. The van der Waals surface area contributed by atoms with Crippen LogP contribution >= 0.6 is 0 Å². The molecule has 0 fully saturated rings. The predicted molar refractivity (Wildman–Crippen MR) is 59.4 cm³/mol. The summed E-state index contributed by atoms with van der Waals surface area (Å²) in [6.45, 7) is 5.41. The zero-order valence-electron chi connectivity index (χ0n) is 10.2. The van der Waals surface area contributed by atoms with E-state index in [-0.39, 0.29) is 6.61 Å². The molecule has 5 heteroatoms. The fourth-order valence-corrected chi connectivity index (χ4v) is 1.03. The molecule has 2 nitrogen and oxygen atoms in total. The fraction of sp³-hybridized carbons (Fsp3) is 0.583. The normalized spacial score (nSPS) is 12.2. The van der Waals surface area contributed by atoms with Crippen LogP contribution in [0.1, 0.15) is 33.6 Å². The third kappa shape index (κ3) is 8.54. The van der Waals surface area contributed by atoms with E-state index in [9.17, 15) is 18.0 Å². The van der Waals surface area contributed by atoms with Crippen LogP contribution < -0.4 is 0 Å². The smallest absolute Gasteiger partial charge is 0.455 e. The molecular weight excluding hydrogens is 233 g/mol. The third-order valence-electron chi connectivity index (χ3n) is 1.97. The van der Waals surface area contributed by atoms with Crippen LogP contribution in [-0.4, -0.2) is 18.8 Å². The van der Waals surface area contributed by atoms with Crippen LogP contribution in [0.2, 0.25) is 0 Å². The van der Waals surface area contributed by atoms with Gasteiger partial charge in [-0.1, -0.05) is 17.2 Å². The van der Waals surface area contributed by atoms with Crippen molar-refractivity contribution in [2.75, 3.05) is 6.61 Å². The minimum absolute atomic E-state index is 0.334. The minimum atomic E-state index is -4.91. The van der Waals surface area contributed by atoms with Gasteiger partial charge < -0.3 is 4.74 Å². The van der Waals surface area contributed by atoms with E-state index in [1.54, 1.807) is 6.92 Å². The van der Waals surface area contributed by atoms with E-state index >= 15 is 0 Å². The standard InChI is InChI=1S/C12H17F3O2/c1-9(2)5-4-6-10(3)7-8-17-11(16)12(13,14)15/h5,7H,4,6,8H2,1-3H3/b10-7-. The Labute approximate surface area is 99.1 Å². The van der Waals surface area contributed by atoms with E-state index in [4.69, 9.17) is 0 Å².